The van der Waals surface area contributed by atoms with Crippen molar-refractivity contribution in [1.82, 2.24) is 0 Å². The summed E-state index contributed by atoms with van der Waals surface area (Å²) in [6.45, 7) is 2.30. The third-order valence-electron chi connectivity index (χ3n) is 8.07. The van der Waals surface area contributed by atoms with Crippen molar-refractivity contribution in [3.63, 3.8) is 0 Å². The molecule has 2 aliphatic rings. The monoisotopic (exact) mass is 552 g/mol. The Morgan fingerprint density at radius 1 is 0.590 bits per heavy atom. The second kappa shape index (κ2) is 14.4. The molecule has 0 fully saturated rings. The lowest BCUT2D eigenvalue weighted by Crippen LogP contribution is -2.68. The highest BCUT2D eigenvalue weighted by molar-refractivity contribution is 5.76. The van der Waals surface area contributed by atoms with Crippen LogP contribution >= 0.6 is 0 Å². The molecule has 2 aromatic carbocycles. The van der Waals surface area contributed by atoms with Crippen molar-refractivity contribution in [2.45, 2.75) is 103 Å². The molecule has 6 heteroatoms. The molecule has 0 radical (unpaired) electrons. The topological polar surface area (TPSA) is 104 Å². The van der Waals surface area contributed by atoms with Gasteiger partial charge in [0.05, 0.1) is 22.3 Å². The van der Waals surface area contributed by atoms with Gasteiger partial charge in [0.1, 0.15) is 0 Å². The van der Waals surface area contributed by atoms with Gasteiger partial charge in [-0.3, -0.25) is 0 Å². The number of halogens is 1. The Morgan fingerprint density at radius 3 is 1.46 bits per heavy atom. The highest BCUT2D eigenvalue weighted by atomic mass is 35.7. The quantitative estimate of drug-likeness (QED) is 0.251. The molecule has 39 heavy (non-hydrogen) atoms. The molecule has 1 heterocycles. The van der Waals surface area contributed by atoms with Gasteiger partial charge in [-0.1, -0.05) is 101 Å². The van der Waals surface area contributed by atoms with Crippen molar-refractivity contribution in [3.8, 4) is 22.6 Å². The number of hydrogen-bond donors (Lipinski definition) is 0. The van der Waals surface area contributed by atoms with E-state index >= 15 is 0 Å². The molecule has 0 bridgehead atoms. The summed E-state index contributed by atoms with van der Waals surface area (Å²) in [7, 11) is -4.94. The van der Waals surface area contributed by atoms with Gasteiger partial charge in [0.2, 0.25) is 0 Å². The van der Waals surface area contributed by atoms with Crippen molar-refractivity contribution in [1.29, 1.82) is 0 Å². The third-order valence-corrected chi connectivity index (χ3v) is 8.07. The first-order valence-corrected chi connectivity index (χ1v) is 15.9. The van der Waals surface area contributed by atoms with Gasteiger partial charge < -0.3 is 0 Å². The Morgan fingerprint density at radius 2 is 1.00 bits per heavy atom. The standard InChI is InChI=1S/C33H41O.ClHO4/c1-2-3-4-5-6-7-8-9-10-11-20-29-30-23-21-25-16-12-14-18-27(25)32(30)34-33-28-19-15-13-17-26(28)22-24-31(29)33;2-1(3,4)5/h12-19H,2-11,20-24H2,1H3;(H,2,3,4,5)/q+1;/p-1. The predicted molar refractivity (Wildman–Crippen MR) is 144 cm³/mol. The average Bonchev–Trinajstić information content (AvgIpc) is 2.92. The molecule has 210 valence electrons. The molecule has 3 aromatic rings. The summed E-state index contributed by atoms with van der Waals surface area (Å²) in [5.41, 5.74) is 10.2. The van der Waals surface area contributed by atoms with E-state index in [1.54, 1.807) is 5.56 Å². The second-order valence-corrected chi connectivity index (χ2v) is 11.6. The van der Waals surface area contributed by atoms with Crippen LogP contribution in [0.5, 0.6) is 0 Å². The number of unbranched alkanes of at least 4 members (excludes halogenated alkanes) is 9. The molecular formula is C33H41ClO5. The molecule has 0 saturated carbocycles. The van der Waals surface area contributed by atoms with E-state index in [1.165, 1.54) is 104 Å². The van der Waals surface area contributed by atoms with Crippen molar-refractivity contribution in [2.24, 2.45) is 0 Å². The zero-order chi connectivity index (χ0) is 27.7. The van der Waals surface area contributed by atoms with Crippen LogP contribution in [0, 0.1) is 10.2 Å². The van der Waals surface area contributed by atoms with Gasteiger partial charge >= 0.3 is 11.5 Å². The summed E-state index contributed by atoms with van der Waals surface area (Å²) in [5.74, 6) is 2.30. The Bertz CT molecular complexity index is 1140. The van der Waals surface area contributed by atoms with Gasteiger partial charge in [-0.05, 0) is 67.3 Å². The van der Waals surface area contributed by atoms with Crippen molar-refractivity contribution >= 4 is 0 Å². The van der Waals surface area contributed by atoms with Gasteiger partial charge in [0, 0.05) is 0 Å². The number of hydrogen-bond acceptors (Lipinski definition) is 4. The summed E-state index contributed by atoms with van der Waals surface area (Å²) in [4.78, 5) is 0. The molecular weight excluding hydrogens is 512 g/mol. The molecule has 0 amide bonds. The van der Waals surface area contributed by atoms with Gasteiger partial charge in [-0.15, -0.1) is 10.2 Å². The average molecular weight is 553 g/mol. The van der Waals surface area contributed by atoms with E-state index < -0.39 is 10.2 Å². The van der Waals surface area contributed by atoms with E-state index in [2.05, 4.69) is 55.5 Å². The lowest BCUT2D eigenvalue weighted by atomic mass is 9.80. The van der Waals surface area contributed by atoms with Crippen LogP contribution in [0.1, 0.15) is 98.9 Å². The fourth-order valence-electron chi connectivity index (χ4n) is 6.18. The van der Waals surface area contributed by atoms with E-state index in [1.807, 2.05) is 0 Å². The predicted octanol–water partition coefficient (Wildman–Crippen LogP) is 4.80. The molecule has 0 unspecified atom stereocenters. The zero-order valence-corrected chi connectivity index (χ0v) is 23.9. The maximum atomic E-state index is 8.49. The van der Waals surface area contributed by atoms with E-state index in [0.717, 1.165) is 37.2 Å². The lowest BCUT2D eigenvalue weighted by molar-refractivity contribution is -2.00. The summed E-state index contributed by atoms with van der Waals surface area (Å²) >= 11 is 0. The Kier molecular flexibility index (Phi) is 11.0. The first-order chi connectivity index (χ1) is 18.9. The van der Waals surface area contributed by atoms with Crippen molar-refractivity contribution < 1.29 is 33.3 Å². The molecule has 0 saturated heterocycles. The van der Waals surface area contributed by atoms with E-state index in [4.69, 9.17) is 23.1 Å². The highest BCUT2D eigenvalue weighted by Gasteiger charge is 2.37. The van der Waals surface area contributed by atoms with E-state index in [0.29, 0.717) is 0 Å². The third kappa shape index (κ3) is 8.36. The number of benzene rings is 2. The molecule has 5 rings (SSSR count). The first kappa shape index (κ1) is 29.7. The minimum atomic E-state index is -4.94. The highest BCUT2D eigenvalue weighted by Crippen LogP contribution is 2.44. The molecule has 2 aliphatic carbocycles. The van der Waals surface area contributed by atoms with Crippen molar-refractivity contribution in [2.75, 3.05) is 0 Å². The van der Waals surface area contributed by atoms with Crippen molar-refractivity contribution in [3.05, 3.63) is 76.3 Å². The van der Waals surface area contributed by atoms with Crippen LogP contribution < -0.4 is 18.6 Å². The smallest absolute Gasteiger partial charge is 0.222 e. The summed E-state index contributed by atoms with van der Waals surface area (Å²) in [6, 6.07) is 17.8. The van der Waals surface area contributed by atoms with E-state index in [9.17, 15) is 0 Å². The van der Waals surface area contributed by atoms with Crippen LogP contribution in [-0.2, 0) is 32.1 Å². The maximum Gasteiger partial charge on any atom is 0.364 e. The Labute approximate surface area is 235 Å². The Balaban J connectivity index is 0.000000648. The molecule has 0 spiro atoms. The summed E-state index contributed by atoms with van der Waals surface area (Å²) < 4.78 is 40.8. The first-order valence-electron chi connectivity index (χ1n) is 14.7. The Hall–Kier alpha value is -2.28. The molecule has 5 nitrogen and oxygen atoms in total. The van der Waals surface area contributed by atoms with E-state index in [-0.39, 0.29) is 0 Å². The fraction of sp³-hybridized carbons (Fsp3) is 0.485. The largest absolute Gasteiger partial charge is 0.364 e. The van der Waals surface area contributed by atoms with Crippen LogP contribution in [0.4, 0.5) is 0 Å². The number of rotatable bonds is 11. The van der Waals surface area contributed by atoms with Crippen LogP contribution in [0.2, 0.25) is 0 Å². The van der Waals surface area contributed by atoms with Crippen LogP contribution in [-0.4, -0.2) is 0 Å². The van der Waals surface area contributed by atoms with Crippen LogP contribution in [0.15, 0.2) is 52.9 Å². The lowest BCUT2D eigenvalue weighted by Gasteiger charge is -2.22. The molecule has 0 aliphatic heterocycles. The van der Waals surface area contributed by atoms with Gasteiger partial charge in [-0.2, -0.15) is 0 Å². The zero-order valence-electron chi connectivity index (χ0n) is 23.1. The minimum Gasteiger partial charge on any atom is -0.222 e. The molecule has 0 atom stereocenters. The summed E-state index contributed by atoms with van der Waals surface area (Å²) in [6.07, 6.45) is 19.7. The number of aryl methyl sites for hydroxylation is 2. The number of fused-ring (bicyclic) bond motifs is 6. The minimum absolute atomic E-state index is 1.12. The SMILES string of the molecule is CCCCCCCCCCCCc1c2c([o+]c3c1CCc1ccccc1-3)-c1ccccc1CC2.[O-][Cl+3]([O-])([O-])[O-]. The summed E-state index contributed by atoms with van der Waals surface area (Å²) in [5, 5.41) is 0. The second-order valence-electron chi connectivity index (χ2n) is 10.8. The van der Waals surface area contributed by atoms with Gasteiger partial charge in [0.25, 0.3) is 0 Å². The maximum absolute atomic E-state index is 8.49. The van der Waals surface area contributed by atoms with Crippen LogP contribution in [0.25, 0.3) is 22.6 Å². The van der Waals surface area contributed by atoms with Gasteiger partial charge in [-0.25, -0.2) is 23.1 Å². The molecule has 1 aromatic heterocycles. The fourth-order valence-corrected chi connectivity index (χ4v) is 6.18. The molecule has 0 N–H and O–H groups in total. The normalized spacial score (nSPS) is 13.5. The van der Waals surface area contributed by atoms with Gasteiger partial charge in [0.15, 0.2) is 0 Å². The van der Waals surface area contributed by atoms with Crippen LogP contribution in [0.3, 0.4) is 0 Å².